The van der Waals surface area contributed by atoms with Crippen LogP contribution >= 0.6 is 0 Å². The molecule has 1 aromatic carbocycles. The number of hydrogen-bond donors (Lipinski definition) is 1. The minimum Gasteiger partial charge on any atom is -0.496 e. The Morgan fingerprint density at radius 2 is 1.95 bits per heavy atom. The first kappa shape index (κ1) is 15.7. The molecule has 3 rings (SSSR count). The van der Waals surface area contributed by atoms with Crippen molar-refractivity contribution in [1.29, 1.82) is 0 Å². The molecule has 1 aliphatic heterocycles. The van der Waals surface area contributed by atoms with Crippen molar-refractivity contribution in [3.05, 3.63) is 29.6 Å². The van der Waals surface area contributed by atoms with Crippen LogP contribution in [0.2, 0.25) is 0 Å². The summed E-state index contributed by atoms with van der Waals surface area (Å²) in [5.41, 5.74) is 0.596. The van der Waals surface area contributed by atoms with Crippen molar-refractivity contribution in [1.82, 2.24) is 5.32 Å². The lowest BCUT2D eigenvalue weighted by Gasteiger charge is -2.37. The molecule has 122 valence electrons. The lowest BCUT2D eigenvalue weighted by molar-refractivity contribution is -0.179. The molecule has 1 atom stereocenters. The van der Waals surface area contributed by atoms with Crippen LogP contribution < -0.4 is 10.1 Å². The van der Waals surface area contributed by atoms with E-state index in [2.05, 4.69) is 5.32 Å². The largest absolute Gasteiger partial charge is 0.496 e. The molecule has 2 aliphatic rings. The van der Waals surface area contributed by atoms with Crippen LogP contribution in [0.25, 0.3) is 0 Å². The SMILES string of the molecule is COc1cccc(F)c1C(C)NC1CCC2(CC1)OCCO2. The number of ether oxygens (including phenoxy) is 3. The summed E-state index contributed by atoms with van der Waals surface area (Å²) in [7, 11) is 1.57. The number of benzene rings is 1. The van der Waals surface area contributed by atoms with Gasteiger partial charge in [0, 0.05) is 30.5 Å². The number of methoxy groups -OCH3 is 1. The van der Waals surface area contributed by atoms with Gasteiger partial charge in [-0.25, -0.2) is 4.39 Å². The van der Waals surface area contributed by atoms with Gasteiger partial charge >= 0.3 is 0 Å². The van der Waals surface area contributed by atoms with Crippen molar-refractivity contribution in [3.8, 4) is 5.75 Å². The average Bonchev–Trinajstić information content (AvgIpc) is 2.97. The highest BCUT2D eigenvalue weighted by Crippen LogP contribution is 2.37. The molecular formula is C17H24FNO3. The second-order valence-corrected chi connectivity index (χ2v) is 6.13. The molecular weight excluding hydrogens is 285 g/mol. The molecule has 0 aromatic heterocycles. The summed E-state index contributed by atoms with van der Waals surface area (Å²) in [5, 5.41) is 3.53. The first-order valence-electron chi connectivity index (χ1n) is 8.00. The fourth-order valence-electron chi connectivity index (χ4n) is 3.56. The Hall–Kier alpha value is -1.17. The molecule has 1 N–H and O–H groups in total. The Kier molecular flexibility index (Phi) is 4.66. The summed E-state index contributed by atoms with van der Waals surface area (Å²) in [6.07, 6.45) is 3.74. The van der Waals surface area contributed by atoms with Crippen molar-refractivity contribution < 1.29 is 18.6 Å². The first-order valence-corrected chi connectivity index (χ1v) is 8.00. The summed E-state index contributed by atoms with van der Waals surface area (Å²) in [6, 6.07) is 5.20. The van der Waals surface area contributed by atoms with Gasteiger partial charge in [-0.3, -0.25) is 0 Å². The number of halogens is 1. The van der Waals surface area contributed by atoms with Gasteiger partial charge in [0.15, 0.2) is 5.79 Å². The van der Waals surface area contributed by atoms with E-state index in [0.717, 1.165) is 25.7 Å². The number of hydrogen-bond acceptors (Lipinski definition) is 4. The third-order valence-electron chi connectivity index (χ3n) is 4.71. The van der Waals surface area contributed by atoms with Crippen LogP contribution in [-0.4, -0.2) is 32.2 Å². The molecule has 1 aromatic rings. The predicted octanol–water partition coefficient (Wildman–Crippen LogP) is 3.17. The molecule has 5 heteroatoms. The van der Waals surface area contributed by atoms with Crippen molar-refractivity contribution in [2.45, 2.75) is 50.5 Å². The van der Waals surface area contributed by atoms with Crippen LogP contribution in [0.5, 0.6) is 5.75 Å². The molecule has 1 saturated carbocycles. The third-order valence-corrected chi connectivity index (χ3v) is 4.71. The maximum absolute atomic E-state index is 14.1. The van der Waals surface area contributed by atoms with Crippen LogP contribution in [0.4, 0.5) is 4.39 Å². The standard InChI is InChI=1S/C17H24FNO3/c1-12(16-14(18)4-3-5-15(16)20-2)19-13-6-8-17(9-7-13)21-10-11-22-17/h3-5,12-13,19H,6-11H2,1-2H3. The zero-order valence-corrected chi connectivity index (χ0v) is 13.2. The van der Waals surface area contributed by atoms with E-state index in [4.69, 9.17) is 14.2 Å². The second-order valence-electron chi connectivity index (χ2n) is 6.13. The molecule has 0 amide bonds. The average molecular weight is 309 g/mol. The summed E-state index contributed by atoms with van der Waals surface area (Å²) in [5.74, 6) is 0.0146. The lowest BCUT2D eigenvalue weighted by atomic mass is 9.89. The second kappa shape index (κ2) is 6.52. The van der Waals surface area contributed by atoms with Gasteiger partial charge in [-0.05, 0) is 31.9 Å². The van der Waals surface area contributed by atoms with Crippen molar-refractivity contribution in [3.63, 3.8) is 0 Å². The van der Waals surface area contributed by atoms with Gasteiger partial charge in [0.2, 0.25) is 0 Å². The Bertz CT molecular complexity index is 507. The van der Waals surface area contributed by atoms with E-state index in [-0.39, 0.29) is 17.6 Å². The Morgan fingerprint density at radius 1 is 1.27 bits per heavy atom. The summed E-state index contributed by atoms with van der Waals surface area (Å²) in [4.78, 5) is 0. The molecule has 22 heavy (non-hydrogen) atoms. The molecule has 1 aliphatic carbocycles. The molecule has 1 saturated heterocycles. The molecule has 1 heterocycles. The van der Waals surface area contributed by atoms with Gasteiger partial charge in [0.1, 0.15) is 11.6 Å². The molecule has 0 radical (unpaired) electrons. The Balaban J connectivity index is 1.62. The van der Waals surface area contributed by atoms with Gasteiger partial charge in [-0.2, -0.15) is 0 Å². The Morgan fingerprint density at radius 3 is 2.59 bits per heavy atom. The summed E-state index contributed by atoms with van der Waals surface area (Å²) in [6.45, 7) is 3.37. The highest BCUT2D eigenvalue weighted by atomic mass is 19.1. The maximum Gasteiger partial charge on any atom is 0.168 e. The first-order chi connectivity index (χ1) is 10.6. The molecule has 1 spiro atoms. The monoisotopic (exact) mass is 309 g/mol. The predicted molar refractivity (Wildman–Crippen MR) is 81.4 cm³/mol. The third kappa shape index (κ3) is 3.12. The van der Waals surface area contributed by atoms with Gasteiger partial charge in [0.05, 0.1) is 20.3 Å². The van der Waals surface area contributed by atoms with Crippen molar-refractivity contribution in [2.24, 2.45) is 0 Å². The van der Waals surface area contributed by atoms with E-state index in [1.54, 1.807) is 19.2 Å². The molecule has 4 nitrogen and oxygen atoms in total. The van der Waals surface area contributed by atoms with Crippen LogP contribution in [0.1, 0.15) is 44.2 Å². The van der Waals surface area contributed by atoms with Crippen molar-refractivity contribution >= 4 is 0 Å². The minimum atomic E-state index is -0.350. The zero-order valence-electron chi connectivity index (χ0n) is 13.2. The number of nitrogens with one attached hydrogen (secondary N) is 1. The normalized spacial score (nSPS) is 22.9. The van der Waals surface area contributed by atoms with Gasteiger partial charge in [-0.1, -0.05) is 6.07 Å². The molecule has 1 unspecified atom stereocenters. The minimum absolute atomic E-state index is 0.0967. The van der Waals surface area contributed by atoms with E-state index in [9.17, 15) is 4.39 Å². The highest BCUT2D eigenvalue weighted by molar-refractivity contribution is 5.37. The van der Waals surface area contributed by atoms with E-state index < -0.39 is 0 Å². The Labute approximate surface area is 130 Å². The fourth-order valence-corrected chi connectivity index (χ4v) is 3.56. The summed E-state index contributed by atoms with van der Waals surface area (Å²) >= 11 is 0. The topological polar surface area (TPSA) is 39.7 Å². The number of rotatable bonds is 4. The highest BCUT2D eigenvalue weighted by Gasteiger charge is 2.40. The quantitative estimate of drug-likeness (QED) is 0.927. The van der Waals surface area contributed by atoms with Gasteiger partial charge in [0.25, 0.3) is 0 Å². The van der Waals surface area contributed by atoms with Gasteiger partial charge < -0.3 is 19.5 Å². The van der Waals surface area contributed by atoms with Gasteiger partial charge in [-0.15, -0.1) is 0 Å². The molecule has 0 bridgehead atoms. The maximum atomic E-state index is 14.1. The lowest BCUT2D eigenvalue weighted by Crippen LogP contribution is -2.42. The van der Waals surface area contributed by atoms with E-state index in [1.165, 1.54) is 6.07 Å². The smallest absolute Gasteiger partial charge is 0.168 e. The van der Waals surface area contributed by atoms with Crippen molar-refractivity contribution in [2.75, 3.05) is 20.3 Å². The van der Waals surface area contributed by atoms with Crippen LogP contribution in [0.15, 0.2) is 18.2 Å². The van der Waals surface area contributed by atoms with Crippen LogP contribution in [0.3, 0.4) is 0 Å². The zero-order chi connectivity index (χ0) is 15.6. The van der Waals surface area contributed by atoms with E-state index >= 15 is 0 Å². The van der Waals surface area contributed by atoms with Crippen LogP contribution in [0, 0.1) is 5.82 Å². The summed E-state index contributed by atoms with van der Waals surface area (Å²) < 4.78 is 30.9. The van der Waals surface area contributed by atoms with Crippen LogP contribution in [-0.2, 0) is 9.47 Å². The van der Waals surface area contributed by atoms with E-state index in [0.29, 0.717) is 30.6 Å². The van der Waals surface area contributed by atoms with E-state index in [1.807, 2.05) is 6.92 Å². The fraction of sp³-hybridized carbons (Fsp3) is 0.647. The molecule has 2 fully saturated rings.